The number of nitro benzene ring substituents is 1. The third kappa shape index (κ3) is 3.32. The first kappa shape index (κ1) is 15.3. The Morgan fingerprint density at radius 2 is 2.05 bits per heavy atom. The highest BCUT2D eigenvalue weighted by atomic mass is 35.5. The first-order valence-electron chi connectivity index (χ1n) is 6.29. The van der Waals surface area contributed by atoms with Crippen molar-refractivity contribution in [3.63, 3.8) is 0 Å². The fourth-order valence-electron chi connectivity index (χ4n) is 1.95. The Morgan fingerprint density at radius 3 is 2.62 bits per heavy atom. The summed E-state index contributed by atoms with van der Waals surface area (Å²) in [5, 5.41) is 20.8. The minimum atomic E-state index is -0.675. The van der Waals surface area contributed by atoms with E-state index in [0.717, 1.165) is 0 Å². The standard InChI is InChI=1S/C15H14ClNO4/c1-9-14(17(19)20)4-3-5-15(9)21-11-6-7-12(10(2)18)13(16)8-11/h3-8,10,18H,1-2H3. The number of halogens is 1. The molecule has 1 unspecified atom stereocenters. The molecule has 0 spiro atoms. The quantitative estimate of drug-likeness (QED) is 0.671. The van der Waals surface area contributed by atoms with E-state index in [1.165, 1.54) is 6.07 Å². The number of hydrogen-bond donors (Lipinski definition) is 1. The lowest BCUT2D eigenvalue weighted by Gasteiger charge is -2.12. The number of aliphatic hydroxyl groups is 1. The predicted octanol–water partition coefficient (Wildman–Crippen LogP) is 4.40. The van der Waals surface area contributed by atoms with Gasteiger partial charge in [0.05, 0.1) is 21.6 Å². The Labute approximate surface area is 126 Å². The van der Waals surface area contributed by atoms with Gasteiger partial charge in [-0.05, 0) is 37.6 Å². The summed E-state index contributed by atoms with van der Waals surface area (Å²) in [6.07, 6.45) is -0.675. The average molecular weight is 308 g/mol. The SMILES string of the molecule is Cc1c(Oc2ccc(C(C)O)c(Cl)c2)cccc1[N+](=O)[O-]. The molecule has 2 aromatic carbocycles. The fraction of sp³-hybridized carbons (Fsp3) is 0.200. The van der Waals surface area contributed by atoms with Crippen molar-refractivity contribution < 1.29 is 14.8 Å². The molecule has 0 heterocycles. The first-order chi connectivity index (χ1) is 9.90. The maximum atomic E-state index is 10.9. The van der Waals surface area contributed by atoms with Gasteiger partial charge in [-0.3, -0.25) is 10.1 Å². The fourth-order valence-corrected chi connectivity index (χ4v) is 2.28. The molecular formula is C15H14ClNO4. The average Bonchev–Trinajstić information content (AvgIpc) is 2.40. The van der Waals surface area contributed by atoms with Gasteiger partial charge in [0.25, 0.3) is 5.69 Å². The zero-order chi connectivity index (χ0) is 15.6. The van der Waals surface area contributed by atoms with E-state index < -0.39 is 11.0 Å². The molecule has 0 aliphatic heterocycles. The maximum Gasteiger partial charge on any atom is 0.276 e. The van der Waals surface area contributed by atoms with Crippen LogP contribution >= 0.6 is 11.6 Å². The predicted molar refractivity (Wildman–Crippen MR) is 80.0 cm³/mol. The van der Waals surface area contributed by atoms with Gasteiger partial charge in [0.15, 0.2) is 0 Å². The molecular weight excluding hydrogens is 294 g/mol. The van der Waals surface area contributed by atoms with Crippen LogP contribution in [0.25, 0.3) is 0 Å². The molecule has 0 aliphatic rings. The van der Waals surface area contributed by atoms with Gasteiger partial charge in [-0.1, -0.05) is 23.7 Å². The highest BCUT2D eigenvalue weighted by Gasteiger charge is 2.15. The van der Waals surface area contributed by atoms with E-state index in [1.807, 2.05) is 0 Å². The zero-order valence-corrected chi connectivity index (χ0v) is 12.3. The highest BCUT2D eigenvalue weighted by molar-refractivity contribution is 6.31. The van der Waals surface area contributed by atoms with Crippen molar-refractivity contribution in [2.45, 2.75) is 20.0 Å². The number of aliphatic hydroxyl groups excluding tert-OH is 1. The number of benzene rings is 2. The molecule has 21 heavy (non-hydrogen) atoms. The summed E-state index contributed by atoms with van der Waals surface area (Å²) >= 11 is 6.06. The van der Waals surface area contributed by atoms with Crippen LogP contribution < -0.4 is 4.74 Å². The van der Waals surface area contributed by atoms with Crippen molar-refractivity contribution in [3.05, 3.63) is 62.7 Å². The maximum absolute atomic E-state index is 10.9. The lowest BCUT2D eigenvalue weighted by molar-refractivity contribution is -0.385. The van der Waals surface area contributed by atoms with Crippen molar-refractivity contribution >= 4 is 17.3 Å². The zero-order valence-electron chi connectivity index (χ0n) is 11.5. The van der Waals surface area contributed by atoms with Gasteiger partial charge in [0.2, 0.25) is 0 Å². The Bertz CT molecular complexity index is 685. The van der Waals surface area contributed by atoms with Crippen LogP contribution in [-0.4, -0.2) is 10.0 Å². The Kier molecular flexibility index (Phi) is 4.45. The molecule has 6 heteroatoms. The molecule has 0 amide bonds. The molecule has 1 N–H and O–H groups in total. The van der Waals surface area contributed by atoms with E-state index in [2.05, 4.69) is 0 Å². The van der Waals surface area contributed by atoms with E-state index in [-0.39, 0.29) is 5.69 Å². The highest BCUT2D eigenvalue weighted by Crippen LogP contribution is 2.33. The van der Waals surface area contributed by atoms with E-state index in [4.69, 9.17) is 16.3 Å². The lowest BCUT2D eigenvalue weighted by atomic mass is 10.1. The van der Waals surface area contributed by atoms with E-state index >= 15 is 0 Å². The smallest absolute Gasteiger partial charge is 0.276 e. The van der Waals surface area contributed by atoms with Crippen LogP contribution in [0.15, 0.2) is 36.4 Å². The number of hydrogen-bond acceptors (Lipinski definition) is 4. The van der Waals surface area contributed by atoms with Crippen LogP contribution in [-0.2, 0) is 0 Å². The van der Waals surface area contributed by atoms with Crippen molar-refractivity contribution in [1.82, 2.24) is 0 Å². The third-order valence-electron chi connectivity index (χ3n) is 3.10. The molecule has 1 atom stereocenters. The van der Waals surface area contributed by atoms with Gasteiger partial charge in [0.1, 0.15) is 11.5 Å². The van der Waals surface area contributed by atoms with Gasteiger partial charge in [-0.15, -0.1) is 0 Å². The molecule has 110 valence electrons. The molecule has 2 rings (SSSR count). The van der Waals surface area contributed by atoms with Gasteiger partial charge in [-0.2, -0.15) is 0 Å². The Morgan fingerprint density at radius 1 is 1.33 bits per heavy atom. The van der Waals surface area contributed by atoms with Crippen LogP contribution in [0.5, 0.6) is 11.5 Å². The topological polar surface area (TPSA) is 72.6 Å². The molecule has 0 saturated heterocycles. The Hall–Kier alpha value is -2.11. The second kappa shape index (κ2) is 6.11. The molecule has 2 aromatic rings. The summed E-state index contributed by atoms with van der Waals surface area (Å²) in [6, 6.07) is 9.53. The Balaban J connectivity index is 2.33. The second-order valence-electron chi connectivity index (χ2n) is 4.62. The van der Waals surface area contributed by atoms with Crippen molar-refractivity contribution in [2.24, 2.45) is 0 Å². The third-order valence-corrected chi connectivity index (χ3v) is 3.43. The van der Waals surface area contributed by atoms with Crippen molar-refractivity contribution in [1.29, 1.82) is 0 Å². The van der Waals surface area contributed by atoms with Crippen LogP contribution in [0.4, 0.5) is 5.69 Å². The normalized spacial score (nSPS) is 12.0. The monoisotopic (exact) mass is 307 g/mol. The molecule has 0 fully saturated rings. The molecule has 5 nitrogen and oxygen atoms in total. The summed E-state index contributed by atoms with van der Waals surface area (Å²) in [5.74, 6) is 0.845. The summed E-state index contributed by atoms with van der Waals surface area (Å²) in [4.78, 5) is 10.4. The van der Waals surface area contributed by atoms with Gasteiger partial charge >= 0.3 is 0 Å². The van der Waals surface area contributed by atoms with Crippen LogP contribution in [0.1, 0.15) is 24.2 Å². The van der Waals surface area contributed by atoms with E-state index in [0.29, 0.717) is 27.6 Å². The largest absolute Gasteiger partial charge is 0.457 e. The van der Waals surface area contributed by atoms with Gasteiger partial charge in [0, 0.05) is 6.07 Å². The summed E-state index contributed by atoms with van der Waals surface area (Å²) < 4.78 is 5.65. The molecule has 0 radical (unpaired) electrons. The van der Waals surface area contributed by atoms with Gasteiger partial charge in [-0.25, -0.2) is 0 Å². The van der Waals surface area contributed by atoms with Crippen LogP contribution in [0, 0.1) is 17.0 Å². The summed E-state index contributed by atoms with van der Waals surface area (Å²) in [7, 11) is 0. The number of ether oxygens (including phenoxy) is 1. The van der Waals surface area contributed by atoms with Crippen molar-refractivity contribution in [2.75, 3.05) is 0 Å². The summed E-state index contributed by atoms with van der Waals surface area (Å²) in [5.41, 5.74) is 1.04. The van der Waals surface area contributed by atoms with Crippen LogP contribution in [0.2, 0.25) is 5.02 Å². The van der Waals surface area contributed by atoms with E-state index in [9.17, 15) is 15.2 Å². The first-order valence-corrected chi connectivity index (χ1v) is 6.67. The minimum absolute atomic E-state index is 0.000743. The number of nitro groups is 1. The lowest BCUT2D eigenvalue weighted by Crippen LogP contribution is -1.96. The molecule has 0 saturated carbocycles. The van der Waals surface area contributed by atoms with E-state index in [1.54, 1.807) is 44.2 Å². The molecule has 0 aromatic heterocycles. The molecule has 0 aliphatic carbocycles. The number of nitrogens with zero attached hydrogens (tertiary/aromatic N) is 1. The van der Waals surface area contributed by atoms with Crippen molar-refractivity contribution in [3.8, 4) is 11.5 Å². The van der Waals surface area contributed by atoms with Gasteiger partial charge < -0.3 is 9.84 Å². The second-order valence-corrected chi connectivity index (χ2v) is 5.03. The summed E-state index contributed by atoms with van der Waals surface area (Å²) in [6.45, 7) is 3.24. The van der Waals surface area contributed by atoms with Crippen LogP contribution in [0.3, 0.4) is 0 Å². The molecule has 0 bridgehead atoms. The minimum Gasteiger partial charge on any atom is -0.457 e. The number of rotatable bonds is 4.